The molecule has 1 aliphatic rings. The van der Waals surface area contributed by atoms with Crippen molar-refractivity contribution in [3.05, 3.63) is 71.9 Å². The average Bonchev–Trinajstić information content (AvgIpc) is 3.12. The van der Waals surface area contributed by atoms with Gasteiger partial charge in [-0.1, -0.05) is 30.3 Å². The molecular formula is C22H25N3O. The monoisotopic (exact) mass is 347 g/mol. The fraction of sp³-hybridized carbons (Fsp3) is 0.318. The van der Waals surface area contributed by atoms with Gasteiger partial charge in [0, 0.05) is 54.4 Å². The van der Waals surface area contributed by atoms with Gasteiger partial charge in [-0.3, -0.25) is 9.69 Å². The summed E-state index contributed by atoms with van der Waals surface area (Å²) in [6, 6.07) is 19.0. The number of piperazine rings is 1. The molecule has 0 radical (unpaired) electrons. The number of hydrogen-bond acceptors (Lipinski definition) is 2. The van der Waals surface area contributed by atoms with E-state index in [0.717, 1.165) is 36.1 Å². The third kappa shape index (κ3) is 3.25. The fourth-order valence-corrected chi connectivity index (χ4v) is 3.87. The van der Waals surface area contributed by atoms with Crippen LogP contribution in [0, 0.1) is 0 Å². The van der Waals surface area contributed by atoms with E-state index < -0.39 is 0 Å². The van der Waals surface area contributed by atoms with Crippen molar-refractivity contribution in [2.24, 2.45) is 0 Å². The van der Waals surface area contributed by atoms with Gasteiger partial charge in [0.05, 0.1) is 0 Å². The molecule has 2 heterocycles. The predicted octanol–water partition coefficient (Wildman–Crippen LogP) is 3.90. The Morgan fingerprint density at radius 3 is 2.65 bits per heavy atom. The molecule has 0 saturated carbocycles. The topological polar surface area (TPSA) is 39.3 Å². The van der Waals surface area contributed by atoms with Crippen molar-refractivity contribution in [1.29, 1.82) is 0 Å². The maximum absolute atomic E-state index is 13.1. The number of H-pyrrole nitrogens is 1. The van der Waals surface area contributed by atoms with Gasteiger partial charge in [-0.15, -0.1) is 0 Å². The zero-order chi connectivity index (χ0) is 18.1. The lowest BCUT2D eigenvalue weighted by Gasteiger charge is -2.44. The molecule has 2 atom stereocenters. The molecule has 4 heteroatoms. The number of aromatic nitrogens is 1. The minimum absolute atomic E-state index is 0.131. The van der Waals surface area contributed by atoms with Gasteiger partial charge in [0.15, 0.2) is 0 Å². The highest BCUT2D eigenvalue weighted by molar-refractivity contribution is 5.98. The van der Waals surface area contributed by atoms with Crippen LogP contribution in [0.5, 0.6) is 0 Å². The van der Waals surface area contributed by atoms with Gasteiger partial charge in [0.1, 0.15) is 0 Å². The summed E-state index contributed by atoms with van der Waals surface area (Å²) < 4.78 is 0. The number of nitrogens with zero attached hydrogens (tertiary/aromatic N) is 2. The average molecular weight is 347 g/mol. The molecule has 1 amide bonds. The van der Waals surface area contributed by atoms with Gasteiger partial charge in [-0.25, -0.2) is 0 Å². The first-order chi connectivity index (χ1) is 12.6. The summed E-state index contributed by atoms with van der Waals surface area (Å²) in [5, 5.41) is 1.08. The van der Waals surface area contributed by atoms with Crippen LogP contribution in [0.4, 0.5) is 0 Å². The predicted molar refractivity (Wildman–Crippen MR) is 105 cm³/mol. The van der Waals surface area contributed by atoms with E-state index in [0.29, 0.717) is 6.04 Å². The molecule has 0 aliphatic carbocycles. The molecule has 1 aromatic heterocycles. The summed E-state index contributed by atoms with van der Waals surface area (Å²) in [6.45, 7) is 6.96. The molecule has 1 aliphatic heterocycles. The summed E-state index contributed by atoms with van der Waals surface area (Å²) >= 11 is 0. The number of hydrogen-bond donors (Lipinski definition) is 1. The van der Waals surface area contributed by atoms with E-state index in [1.165, 1.54) is 5.56 Å². The van der Waals surface area contributed by atoms with Gasteiger partial charge in [0.2, 0.25) is 0 Å². The SMILES string of the molecule is C[C@@H]1CN(Cc2ccccc2)[C@@H](C)CN1C(=O)c1ccc2[nH]ccc2c1. The van der Waals surface area contributed by atoms with Crippen molar-refractivity contribution >= 4 is 16.8 Å². The van der Waals surface area contributed by atoms with Crippen LogP contribution >= 0.6 is 0 Å². The number of nitrogens with one attached hydrogen (secondary N) is 1. The minimum atomic E-state index is 0.131. The maximum Gasteiger partial charge on any atom is 0.254 e. The van der Waals surface area contributed by atoms with Gasteiger partial charge in [-0.2, -0.15) is 0 Å². The smallest absolute Gasteiger partial charge is 0.254 e. The molecule has 4 rings (SSSR count). The maximum atomic E-state index is 13.1. The second-order valence-corrected chi connectivity index (χ2v) is 7.35. The van der Waals surface area contributed by atoms with Crippen LogP contribution in [0.15, 0.2) is 60.8 Å². The molecule has 3 aromatic rings. The zero-order valence-electron chi connectivity index (χ0n) is 15.4. The minimum Gasteiger partial charge on any atom is -0.361 e. The van der Waals surface area contributed by atoms with E-state index in [-0.39, 0.29) is 11.9 Å². The molecule has 26 heavy (non-hydrogen) atoms. The molecule has 134 valence electrons. The summed E-state index contributed by atoms with van der Waals surface area (Å²) in [4.78, 5) is 20.8. The number of amides is 1. The quantitative estimate of drug-likeness (QED) is 0.780. The highest BCUT2D eigenvalue weighted by atomic mass is 16.2. The molecule has 1 N–H and O–H groups in total. The number of rotatable bonds is 3. The first kappa shape index (κ1) is 16.9. The second-order valence-electron chi connectivity index (χ2n) is 7.35. The number of carbonyl (C=O) groups is 1. The lowest BCUT2D eigenvalue weighted by atomic mass is 10.0. The number of carbonyl (C=O) groups excluding carboxylic acids is 1. The van der Waals surface area contributed by atoms with E-state index in [1.807, 2.05) is 41.4 Å². The van der Waals surface area contributed by atoms with Crippen molar-refractivity contribution in [1.82, 2.24) is 14.8 Å². The Balaban J connectivity index is 1.49. The van der Waals surface area contributed by atoms with Crippen LogP contribution in [-0.2, 0) is 6.54 Å². The van der Waals surface area contributed by atoms with Crippen molar-refractivity contribution in [2.75, 3.05) is 13.1 Å². The Morgan fingerprint density at radius 2 is 1.85 bits per heavy atom. The highest BCUT2D eigenvalue weighted by Crippen LogP contribution is 2.22. The van der Waals surface area contributed by atoms with Crippen molar-refractivity contribution in [3.8, 4) is 0 Å². The van der Waals surface area contributed by atoms with E-state index in [4.69, 9.17) is 0 Å². The molecule has 4 nitrogen and oxygen atoms in total. The van der Waals surface area contributed by atoms with Crippen LogP contribution in [0.2, 0.25) is 0 Å². The fourth-order valence-electron chi connectivity index (χ4n) is 3.87. The lowest BCUT2D eigenvalue weighted by molar-refractivity contribution is 0.0291. The van der Waals surface area contributed by atoms with E-state index in [9.17, 15) is 4.79 Å². The van der Waals surface area contributed by atoms with Gasteiger partial charge >= 0.3 is 0 Å². The summed E-state index contributed by atoms with van der Waals surface area (Å²) in [5.74, 6) is 0.131. The van der Waals surface area contributed by atoms with Crippen molar-refractivity contribution < 1.29 is 4.79 Å². The first-order valence-electron chi connectivity index (χ1n) is 9.28. The number of aromatic amines is 1. The highest BCUT2D eigenvalue weighted by Gasteiger charge is 2.32. The lowest BCUT2D eigenvalue weighted by Crippen LogP contribution is -2.57. The Bertz CT molecular complexity index is 902. The first-order valence-corrected chi connectivity index (χ1v) is 9.28. The van der Waals surface area contributed by atoms with Crippen LogP contribution in [0.3, 0.4) is 0 Å². The van der Waals surface area contributed by atoms with Crippen LogP contribution < -0.4 is 0 Å². The van der Waals surface area contributed by atoms with Gasteiger partial charge in [-0.05, 0) is 43.7 Å². The Kier molecular flexibility index (Phi) is 4.51. The zero-order valence-corrected chi connectivity index (χ0v) is 15.4. The van der Waals surface area contributed by atoms with Crippen molar-refractivity contribution in [3.63, 3.8) is 0 Å². The molecule has 1 saturated heterocycles. The number of fused-ring (bicyclic) bond motifs is 1. The van der Waals surface area contributed by atoms with Gasteiger partial charge in [0.25, 0.3) is 5.91 Å². The summed E-state index contributed by atoms with van der Waals surface area (Å²) in [7, 11) is 0. The van der Waals surface area contributed by atoms with Crippen molar-refractivity contribution in [2.45, 2.75) is 32.5 Å². The summed E-state index contributed by atoms with van der Waals surface area (Å²) in [5.41, 5.74) is 3.16. The largest absolute Gasteiger partial charge is 0.361 e. The molecular weight excluding hydrogens is 322 g/mol. The van der Waals surface area contributed by atoms with E-state index in [1.54, 1.807) is 0 Å². The summed E-state index contributed by atoms with van der Waals surface area (Å²) in [6.07, 6.45) is 1.91. The normalized spacial score (nSPS) is 21.2. The third-order valence-corrected chi connectivity index (χ3v) is 5.40. The van der Waals surface area contributed by atoms with E-state index in [2.05, 4.69) is 48.0 Å². The molecule has 0 spiro atoms. The third-order valence-electron chi connectivity index (χ3n) is 5.40. The van der Waals surface area contributed by atoms with Crippen LogP contribution in [0.1, 0.15) is 29.8 Å². The number of benzene rings is 2. The standard InChI is InChI=1S/C22H25N3O/c1-16-14-25(17(2)13-24(16)15-18-6-4-3-5-7-18)22(26)20-8-9-21-19(12-20)10-11-23-21/h3-12,16-17,23H,13-15H2,1-2H3/t16-,17+/m0/s1. The Morgan fingerprint density at radius 1 is 1.04 bits per heavy atom. The molecule has 0 unspecified atom stereocenters. The Hall–Kier alpha value is -2.59. The van der Waals surface area contributed by atoms with Crippen LogP contribution in [-0.4, -0.2) is 45.9 Å². The molecule has 1 fully saturated rings. The molecule has 2 aromatic carbocycles. The second kappa shape index (κ2) is 6.96. The van der Waals surface area contributed by atoms with Crippen LogP contribution in [0.25, 0.3) is 10.9 Å². The van der Waals surface area contributed by atoms with Gasteiger partial charge < -0.3 is 9.88 Å². The molecule has 0 bridgehead atoms. The Labute approximate surface area is 154 Å². The van der Waals surface area contributed by atoms with E-state index >= 15 is 0 Å².